The third-order valence-electron chi connectivity index (χ3n) is 3.56. The molecular weight excluding hydrogens is 520 g/mol. The van der Waals surface area contributed by atoms with E-state index in [1.165, 1.54) is 0 Å². The Balaban J connectivity index is 2.18. The number of phenolic OH excluding ortho intramolecular Hbond substituents is 1. The number of rotatable bonds is 2. The number of hydrogen-bond acceptors (Lipinski definition) is 4. The maximum atomic E-state index is 12.3. The van der Waals surface area contributed by atoms with Crippen LogP contribution in [0.25, 0.3) is 0 Å². The lowest BCUT2D eigenvalue weighted by atomic mass is 9.81. The summed E-state index contributed by atoms with van der Waals surface area (Å²) in [6.45, 7) is 8.50. The minimum atomic E-state index is -0.388. The van der Waals surface area contributed by atoms with Crippen LogP contribution in [0.5, 0.6) is 5.75 Å². The highest BCUT2D eigenvalue weighted by atomic mass is 127. The monoisotopic (exact) mass is 541 g/mol. The first-order valence-corrected chi connectivity index (χ1v) is 9.48. The van der Waals surface area contributed by atoms with Crippen LogP contribution in [0.4, 0.5) is 0 Å². The smallest absolute Gasteiger partial charge is 0.275 e. The Morgan fingerprint density at radius 3 is 2.35 bits per heavy atom. The van der Waals surface area contributed by atoms with Crippen LogP contribution < -0.4 is 10.7 Å². The maximum Gasteiger partial charge on any atom is 0.275 e. The zero-order chi connectivity index (χ0) is 17.4. The van der Waals surface area contributed by atoms with E-state index < -0.39 is 0 Å². The average molecular weight is 541 g/mol. The van der Waals surface area contributed by atoms with Crippen LogP contribution >= 0.6 is 45.2 Å². The molecule has 1 aliphatic heterocycles. The van der Waals surface area contributed by atoms with Gasteiger partial charge in [0.05, 0.1) is 9.13 Å². The van der Waals surface area contributed by atoms with Crippen LogP contribution in [0, 0.1) is 7.14 Å². The average Bonchev–Trinajstić information content (AvgIpc) is 2.36. The first-order valence-electron chi connectivity index (χ1n) is 7.32. The fourth-order valence-corrected chi connectivity index (χ4v) is 4.94. The van der Waals surface area contributed by atoms with Crippen molar-refractivity contribution in [2.24, 2.45) is 5.10 Å². The number of phenols is 1. The summed E-state index contributed by atoms with van der Waals surface area (Å²) in [6.07, 6.45) is 1.54. The molecule has 126 valence electrons. The number of aromatic hydroxyl groups is 1. The van der Waals surface area contributed by atoms with Gasteiger partial charge < -0.3 is 10.4 Å². The number of carbonyl (C=O) groups is 1. The van der Waals surface area contributed by atoms with Crippen LogP contribution in [0.1, 0.15) is 50.9 Å². The van der Waals surface area contributed by atoms with Crippen molar-refractivity contribution in [1.82, 2.24) is 10.7 Å². The van der Waals surface area contributed by atoms with Gasteiger partial charge in [-0.05, 0) is 85.0 Å². The van der Waals surface area contributed by atoms with Gasteiger partial charge in [0.25, 0.3) is 5.91 Å². The van der Waals surface area contributed by atoms with Crippen molar-refractivity contribution >= 4 is 56.8 Å². The van der Waals surface area contributed by atoms with Gasteiger partial charge >= 0.3 is 0 Å². The van der Waals surface area contributed by atoms with Gasteiger partial charge in [-0.2, -0.15) is 5.10 Å². The molecule has 5 nitrogen and oxygen atoms in total. The number of piperidine rings is 1. The number of amides is 1. The van der Waals surface area contributed by atoms with Gasteiger partial charge in [-0.15, -0.1) is 0 Å². The summed E-state index contributed by atoms with van der Waals surface area (Å²) in [6, 6.07) is 3.47. The Morgan fingerprint density at radius 1 is 1.22 bits per heavy atom. The molecule has 0 aliphatic carbocycles. The number of hydrazone groups is 1. The fourth-order valence-electron chi connectivity index (χ4n) is 3.10. The number of nitrogens with one attached hydrogen (secondary N) is 2. The van der Waals surface area contributed by atoms with E-state index in [-0.39, 0.29) is 28.3 Å². The predicted molar refractivity (Wildman–Crippen MR) is 109 cm³/mol. The topological polar surface area (TPSA) is 73.7 Å². The molecule has 1 fully saturated rings. The highest BCUT2D eigenvalue weighted by Crippen LogP contribution is 2.28. The van der Waals surface area contributed by atoms with Crippen LogP contribution in [-0.2, 0) is 0 Å². The third-order valence-corrected chi connectivity index (χ3v) is 5.00. The molecule has 0 spiro atoms. The second-order valence-corrected chi connectivity index (χ2v) is 9.56. The molecule has 1 aromatic rings. The Labute approximate surface area is 164 Å². The van der Waals surface area contributed by atoms with Crippen LogP contribution in [0.15, 0.2) is 17.2 Å². The maximum absolute atomic E-state index is 12.3. The van der Waals surface area contributed by atoms with Gasteiger partial charge in [-0.1, -0.05) is 0 Å². The molecular formula is C16H21I2N3O2. The molecule has 0 bridgehead atoms. The zero-order valence-corrected chi connectivity index (χ0v) is 17.9. The number of nitrogens with zero attached hydrogens (tertiary/aromatic N) is 1. The Hall–Kier alpha value is -0.420. The van der Waals surface area contributed by atoms with Crippen LogP contribution in [0.3, 0.4) is 0 Å². The Kier molecular flexibility index (Phi) is 5.62. The summed E-state index contributed by atoms with van der Waals surface area (Å²) in [5.74, 6) is -0.393. The molecule has 0 radical (unpaired) electrons. The minimum absolute atomic E-state index is 0.00492. The van der Waals surface area contributed by atoms with E-state index in [4.69, 9.17) is 0 Å². The second kappa shape index (κ2) is 6.83. The molecule has 0 aromatic heterocycles. The van der Waals surface area contributed by atoms with Gasteiger partial charge in [0.1, 0.15) is 5.75 Å². The number of benzene rings is 1. The van der Waals surface area contributed by atoms with E-state index in [2.05, 4.69) is 66.1 Å². The lowest BCUT2D eigenvalue weighted by molar-refractivity contribution is 0.0951. The first-order chi connectivity index (χ1) is 10.5. The second-order valence-electron chi connectivity index (χ2n) is 7.15. The zero-order valence-electron chi connectivity index (χ0n) is 13.6. The molecule has 1 amide bonds. The number of carbonyl (C=O) groups excluding carboxylic acids is 1. The molecule has 3 N–H and O–H groups in total. The Morgan fingerprint density at radius 2 is 1.78 bits per heavy atom. The Bertz CT molecular complexity index is 652. The van der Waals surface area contributed by atoms with Crippen molar-refractivity contribution in [3.63, 3.8) is 0 Å². The molecule has 1 heterocycles. The van der Waals surface area contributed by atoms with Crippen LogP contribution in [0.2, 0.25) is 0 Å². The van der Waals surface area contributed by atoms with Crippen molar-refractivity contribution < 1.29 is 9.90 Å². The first kappa shape index (κ1) is 18.9. The third kappa shape index (κ3) is 5.02. The quantitative estimate of drug-likeness (QED) is 0.396. The minimum Gasteiger partial charge on any atom is -0.506 e. The van der Waals surface area contributed by atoms with E-state index in [1.807, 2.05) is 28.7 Å². The summed E-state index contributed by atoms with van der Waals surface area (Å²) < 4.78 is 1.54. The van der Waals surface area contributed by atoms with E-state index >= 15 is 0 Å². The van der Waals surface area contributed by atoms with E-state index in [9.17, 15) is 9.90 Å². The van der Waals surface area contributed by atoms with Crippen molar-refractivity contribution in [3.8, 4) is 5.75 Å². The van der Waals surface area contributed by atoms with Crippen LogP contribution in [-0.4, -0.2) is 27.8 Å². The van der Waals surface area contributed by atoms with Gasteiger partial charge in [0, 0.05) is 33.2 Å². The largest absolute Gasteiger partial charge is 0.506 e. The van der Waals surface area contributed by atoms with Crippen molar-refractivity contribution in [3.05, 3.63) is 24.8 Å². The highest BCUT2D eigenvalue weighted by molar-refractivity contribution is 14.1. The van der Waals surface area contributed by atoms with Crippen molar-refractivity contribution in [2.75, 3.05) is 0 Å². The number of hydrogen-bond donors (Lipinski definition) is 3. The molecule has 1 aromatic carbocycles. The van der Waals surface area contributed by atoms with E-state index in [1.54, 1.807) is 6.07 Å². The summed E-state index contributed by atoms with van der Waals surface area (Å²) in [7, 11) is 0. The molecule has 23 heavy (non-hydrogen) atoms. The molecule has 7 heteroatoms. The highest BCUT2D eigenvalue weighted by Gasteiger charge is 2.35. The standard InChI is InChI=1S/C16H21I2N3O2/c1-15(2)7-10(8-16(3,4)21-15)19-20-14(23)11-5-9(17)6-12(18)13(11)22/h5-6,21-22H,7-8H2,1-4H3,(H,20,23). The molecule has 2 rings (SSSR count). The summed E-state index contributed by atoms with van der Waals surface area (Å²) in [4.78, 5) is 12.3. The molecule has 0 atom stereocenters. The number of halogens is 2. The van der Waals surface area contributed by atoms with Gasteiger partial charge in [0.2, 0.25) is 0 Å². The molecule has 1 saturated heterocycles. The summed E-state index contributed by atoms with van der Waals surface area (Å²) >= 11 is 4.13. The molecule has 1 aliphatic rings. The van der Waals surface area contributed by atoms with Gasteiger partial charge in [-0.3, -0.25) is 4.79 Å². The van der Waals surface area contributed by atoms with E-state index in [0.717, 1.165) is 22.1 Å². The van der Waals surface area contributed by atoms with E-state index in [0.29, 0.717) is 3.57 Å². The lowest BCUT2D eigenvalue weighted by Gasteiger charge is -2.43. The SMILES string of the molecule is CC1(C)CC(=NNC(=O)c2cc(I)cc(I)c2O)CC(C)(C)N1. The predicted octanol–water partition coefficient (Wildman–Crippen LogP) is 3.63. The summed E-state index contributed by atoms with van der Waals surface area (Å²) in [5.41, 5.74) is 3.66. The van der Waals surface area contributed by atoms with Gasteiger partial charge in [0.15, 0.2) is 0 Å². The van der Waals surface area contributed by atoms with Crippen molar-refractivity contribution in [2.45, 2.75) is 51.6 Å². The van der Waals surface area contributed by atoms with Gasteiger partial charge in [-0.25, -0.2) is 5.43 Å². The normalized spacial score (nSPS) is 19.3. The molecule has 0 saturated carbocycles. The molecule has 0 unspecified atom stereocenters. The van der Waals surface area contributed by atoms with Crippen molar-refractivity contribution in [1.29, 1.82) is 0 Å². The summed E-state index contributed by atoms with van der Waals surface area (Å²) in [5, 5.41) is 17.9. The lowest BCUT2D eigenvalue weighted by Crippen LogP contribution is -2.58. The fraction of sp³-hybridized carbons (Fsp3) is 0.500.